The van der Waals surface area contributed by atoms with E-state index in [1.807, 2.05) is 0 Å². The molecule has 2 aromatic rings. The van der Waals surface area contributed by atoms with Gasteiger partial charge in [0.25, 0.3) is 15.9 Å². The number of sulfonamides is 1. The Hall–Kier alpha value is -2.41. The average Bonchev–Trinajstić information content (AvgIpc) is 2.77. The summed E-state index contributed by atoms with van der Waals surface area (Å²) in [6.07, 6.45) is -3.80. The fourth-order valence-electron chi connectivity index (χ4n) is 3.14. The maximum absolute atomic E-state index is 12.8. The summed E-state index contributed by atoms with van der Waals surface area (Å²) in [4.78, 5) is 24.6. The molecule has 3 rings (SSSR count). The number of alkyl halides is 3. The summed E-state index contributed by atoms with van der Waals surface area (Å²) < 4.78 is 63.6. The summed E-state index contributed by atoms with van der Waals surface area (Å²) in [6.45, 7) is 1.25. The summed E-state index contributed by atoms with van der Waals surface area (Å²) in [5.41, 5.74) is -0.620. The quantitative estimate of drug-likeness (QED) is 0.597. The molecule has 2 heterocycles. The van der Waals surface area contributed by atoms with Gasteiger partial charge in [-0.05, 0) is 30.3 Å². The van der Waals surface area contributed by atoms with Gasteiger partial charge in [0.1, 0.15) is 5.82 Å². The Morgan fingerprint density at radius 2 is 1.75 bits per heavy atom. The molecule has 0 spiro atoms. The molecule has 13 heteroatoms. The first-order valence-corrected chi connectivity index (χ1v) is 11.2. The lowest BCUT2D eigenvalue weighted by Crippen LogP contribution is -2.49. The topological polar surface area (TPSA) is 83.0 Å². The maximum Gasteiger partial charge on any atom is 0.417 e. The normalized spacial score (nSPS) is 15.3. The van der Waals surface area contributed by atoms with Gasteiger partial charge in [0.05, 0.1) is 22.6 Å². The minimum atomic E-state index is -4.53. The number of pyridine rings is 1. The van der Waals surface area contributed by atoms with Crippen LogP contribution < -0.4 is 4.90 Å². The lowest BCUT2D eigenvalue weighted by molar-refractivity contribution is -0.137. The van der Waals surface area contributed by atoms with E-state index in [2.05, 4.69) is 4.98 Å². The standard InChI is InChI=1S/C19H20ClF3N4O4S/c1-25(31-2)32(29,30)15-5-3-13(4-6-15)18(28)27-9-7-26(8-10-27)17-16(20)11-14(12-24-17)19(21,22)23/h3-6,11-12H,7-10H2,1-2H3. The third-order valence-corrected chi connectivity index (χ3v) is 6.98. The van der Waals surface area contributed by atoms with E-state index in [0.717, 1.165) is 12.3 Å². The Morgan fingerprint density at radius 1 is 1.16 bits per heavy atom. The number of amides is 1. The molecule has 1 aliphatic heterocycles. The number of nitrogens with zero attached hydrogens (tertiary/aromatic N) is 4. The van der Waals surface area contributed by atoms with Gasteiger partial charge in [-0.15, -0.1) is 0 Å². The molecule has 0 bridgehead atoms. The van der Waals surface area contributed by atoms with E-state index < -0.39 is 21.8 Å². The van der Waals surface area contributed by atoms with Gasteiger partial charge < -0.3 is 9.80 Å². The van der Waals surface area contributed by atoms with Gasteiger partial charge in [-0.2, -0.15) is 13.2 Å². The van der Waals surface area contributed by atoms with Crippen molar-refractivity contribution in [2.24, 2.45) is 0 Å². The van der Waals surface area contributed by atoms with Crippen LogP contribution in [0, 0.1) is 0 Å². The number of carbonyl (C=O) groups excluding carboxylic acids is 1. The third-order valence-electron chi connectivity index (χ3n) is 5.01. The second-order valence-electron chi connectivity index (χ2n) is 6.93. The van der Waals surface area contributed by atoms with Crippen LogP contribution in [-0.2, 0) is 21.0 Å². The number of hydrogen-bond acceptors (Lipinski definition) is 6. The van der Waals surface area contributed by atoms with Gasteiger partial charge in [-0.3, -0.25) is 9.63 Å². The molecule has 1 aromatic heterocycles. The fraction of sp³-hybridized carbons (Fsp3) is 0.368. The van der Waals surface area contributed by atoms with E-state index in [1.54, 1.807) is 9.80 Å². The van der Waals surface area contributed by atoms with Crippen molar-refractivity contribution >= 4 is 33.3 Å². The Bertz CT molecular complexity index is 1090. The molecule has 1 aromatic carbocycles. The molecule has 1 saturated heterocycles. The highest BCUT2D eigenvalue weighted by molar-refractivity contribution is 7.89. The molecule has 0 aliphatic carbocycles. The smallest absolute Gasteiger partial charge is 0.352 e. The van der Waals surface area contributed by atoms with Crippen molar-refractivity contribution in [1.29, 1.82) is 0 Å². The Labute approximate surface area is 188 Å². The van der Waals surface area contributed by atoms with E-state index in [1.165, 1.54) is 38.4 Å². The van der Waals surface area contributed by atoms with E-state index in [4.69, 9.17) is 16.4 Å². The number of aromatic nitrogens is 1. The maximum atomic E-state index is 12.8. The SMILES string of the molecule is CON(C)S(=O)(=O)c1ccc(C(=O)N2CCN(c3ncc(C(F)(F)F)cc3Cl)CC2)cc1. The minimum absolute atomic E-state index is 0.0220. The lowest BCUT2D eigenvalue weighted by Gasteiger charge is -2.35. The van der Waals surface area contributed by atoms with Crippen molar-refractivity contribution in [2.75, 3.05) is 45.2 Å². The predicted octanol–water partition coefficient (Wildman–Crippen LogP) is 2.90. The van der Waals surface area contributed by atoms with Crippen LogP contribution in [-0.4, -0.2) is 69.0 Å². The minimum Gasteiger partial charge on any atom is -0.352 e. The van der Waals surface area contributed by atoms with Crippen molar-refractivity contribution < 1.29 is 31.2 Å². The molecule has 174 valence electrons. The zero-order valence-corrected chi connectivity index (χ0v) is 18.7. The summed E-state index contributed by atoms with van der Waals surface area (Å²) in [5, 5.41) is -0.113. The van der Waals surface area contributed by atoms with Crippen LogP contribution in [0.15, 0.2) is 41.4 Å². The highest BCUT2D eigenvalue weighted by atomic mass is 35.5. The van der Waals surface area contributed by atoms with Crippen LogP contribution in [0.4, 0.5) is 19.0 Å². The number of carbonyl (C=O) groups is 1. The van der Waals surface area contributed by atoms with Crippen LogP contribution in [0.25, 0.3) is 0 Å². The van der Waals surface area contributed by atoms with Crippen LogP contribution >= 0.6 is 11.6 Å². The molecule has 0 radical (unpaired) electrons. The monoisotopic (exact) mass is 492 g/mol. The van der Waals surface area contributed by atoms with Gasteiger partial charge in [0.15, 0.2) is 0 Å². The van der Waals surface area contributed by atoms with Crippen LogP contribution in [0.2, 0.25) is 5.02 Å². The molecule has 0 atom stereocenters. The molecule has 0 N–H and O–H groups in total. The molecule has 8 nitrogen and oxygen atoms in total. The molecular formula is C19H20ClF3N4O4S. The van der Waals surface area contributed by atoms with Crippen LogP contribution in [0.3, 0.4) is 0 Å². The molecular weight excluding hydrogens is 473 g/mol. The molecule has 1 aliphatic rings. The summed E-state index contributed by atoms with van der Waals surface area (Å²) in [6, 6.07) is 6.30. The highest BCUT2D eigenvalue weighted by Crippen LogP contribution is 2.33. The van der Waals surface area contributed by atoms with Gasteiger partial charge >= 0.3 is 6.18 Å². The summed E-state index contributed by atoms with van der Waals surface area (Å²) in [5.74, 6) is -0.0660. The van der Waals surface area contributed by atoms with Crippen molar-refractivity contribution in [3.05, 3.63) is 52.7 Å². The molecule has 32 heavy (non-hydrogen) atoms. The van der Waals surface area contributed by atoms with Crippen LogP contribution in [0.5, 0.6) is 0 Å². The van der Waals surface area contributed by atoms with Crippen molar-refractivity contribution in [3.8, 4) is 0 Å². The number of piperazine rings is 1. The van der Waals surface area contributed by atoms with Crippen molar-refractivity contribution in [3.63, 3.8) is 0 Å². The first-order chi connectivity index (χ1) is 14.9. The average molecular weight is 493 g/mol. The number of halogens is 4. The second-order valence-corrected chi connectivity index (χ2v) is 9.27. The first kappa shape index (κ1) is 24.2. The molecule has 1 amide bonds. The number of hydroxylamine groups is 1. The van der Waals surface area contributed by atoms with Gasteiger partial charge in [0, 0.05) is 45.0 Å². The number of rotatable bonds is 5. The Kier molecular flexibility index (Phi) is 6.98. The van der Waals surface area contributed by atoms with Crippen LogP contribution in [0.1, 0.15) is 15.9 Å². The first-order valence-electron chi connectivity index (χ1n) is 9.35. The van der Waals surface area contributed by atoms with Crippen molar-refractivity contribution in [1.82, 2.24) is 14.4 Å². The van der Waals surface area contributed by atoms with E-state index in [0.29, 0.717) is 36.2 Å². The zero-order valence-electron chi connectivity index (χ0n) is 17.1. The Balaban J connectivity index is 1.66. The van der Waals surface area contributed by atoms with Gasteiger partial charge in [-0.25, -0.2) is 13.4 Å². The van der Waals surface area contributed by atoms with Gasteiger partial charge in [0.2, 0.25) is 0 Å². The number of hydrogen-bond donors (Lipinski definition) is 0. The number of benzene rings is 1. The molecule has 0 saturated carbocycles. The fourth-order valence-corrected chi connectivity index (χ4v) is 4.40. The van der Waals surface area contributed by atoms with Crippen molar-refractivity contribution in [2.45, 2.75) is 11.1 Å². The van der Waals surface area contributed by atoms with E-state index in [9.17, 15) is 26.4 Å². The summed E-state index contributed by atoms with van der Waals surface area (Å²) >= 11 is 6.00. The second kappa shape index (κ2) is 9.22. The summed E-state index contributed by atoms with van der Waals surface area (Å²) in [7, 11) is -1.34. The Morgan fingerprint density at radius 3 is 2.25 bits per heavy atom. The lowest BCUT2D eigenvalue weighted by atomic mass is 10.2. The molecule has 0 unspecified atom stereocenters. The molecule has 1 fully saturated rings. The van der Waals surface area contributed by atoms with E-state index >= 15 is 0 Å². The van der Waals surface area contributed by atoms with Gasteiger partial charge in [-0.1, -0.05) is 16.1 Å². The number of anilines is 1. The largest absolute Gasteiger partial charge is 0.417 e. The third kappa shape index (κ3) is 4.98. The highest BCUT2D eigenvalue weighted by Gasteiger charge is 2.32. The zero-order chi connectivity index (χ0) is 23.7. The van der Waals surface area contributed by atoms with E-state index in [-0.39, 0.29) is 21.6 Å². The predicted molar refractivity (Wildman–Crippen MR) is 111 cm³/mol.